The smallest absolute Gasteiger partial charge is 0.337 e. The van der Waals surface area contributed by atoms with Crippen molar-refractivity contribution in [3.05, 3.63) is 29.8 Å². The Bertz CT molecular complexity index is 464. The number of nitrogens with one attached hydrogen (secondary N) is 1. The molecule has 0 aliphatic carbocycles. The van der Waals surface area contributed by atoms with Crippen molar-refractivity contribution in [1.29, 1.82) is 0 Å². The first-order valence-electron chi connectivity index (χ1n) is 6.09. The normalized spacial score (nSPS) is 10.9. The Kier molecular flexibility index (Phi) is 5.06. The summed E-state index contributed by atoms with van der Waals surface area (Å²) in [4.78, 5) is 23.1. The van der Waals surface area contributed by atoms with Gasteiger partial charge in [-0.25, -0.2) is 4.79 Å². The third-order valence-corrected chi connectivity index (χ3v) is 2.56. The minimum atomic E-state index is -0.431. The molecule has 0 bridgehead atoms. The molecule has 5 nitrogen and oxygen atoms in total. The summed E-state index contributed by atoms with van der Waals surface area (Å²) in [6, 6.07) is 6.62. The topological polar surface area (TPSA) is 81.4 Å². The maximum atomic E-state index is 11.7. The molecule has 0 aliphatic heterocycles. The third kappa shape index (κ3) is 5.52. The van der Waals surface area contributed by atoms with E-state index in [4.69, 9.17) is 5.73 Å². The average Bonchev–Trinajstić information content (AvgIpc) is 2.35. The molecule has 5 heteroatoms. The van der Waals surface area contributed by atoms with E-state index in [1.54, 1.807) is 24.3 Å². The zero-order chi connectivity index (χ0) is 14.5. The molecule has 3 N–H and O–H groups in total. The number of hydrogen-bond donors (Lipinski definition) is 2. The molecule has 0 unspecified atom stereocenters. The summed E-state index contributed by atoms with van der Waals surface area (Å²) in [6.45, 7) is 3.75. The van der Waals surface area contributed by atoms with Crippen LogP contribution in [-0.2, 0) is 9.53 Å². The summed E-state index contributed by atoms with van der Waals surface area (Å²) in [7, 11) is 1.32. The van der Waals surface area contributed by atoms with Gasteiger partial charge in [-0.2, -0.15) is 0 Å². The van der Waals surface area contributed by atoms with Gasteiger partial charge in [0.05, 0.1) is 12.7 Å². The lowest BCUT2D eigenvalue weighted by Gasteiger charge is -2.17. The van der Waals surface area contributed by atoms with Crippen molar-refractivity contribution in [3.63, 3.8) is 0 Å². The van der Waals surface area contributed by atoms with E-state index in [1.807, 2.05) is 13.8 Å². The Hall–Kier alpha value is -1.88. The van der Waals surface area contributed by atoms with Crippen LogP contribution in [0.4, 0.5) is 5.69 Å². The lowest BCUT2D eigenvalue weighted by molar-refractivity contribution is -0.116. The van der Waals surface area contributed by atoms with Crippen molar-refractivity contribution in [2.45, 2.75) is 32.2 Å². The van der Waals surface area contributed by atoms with Crippen LogP contribution >= 0.6 is 0 Å². The monoisotopic (exact) mass is 264 g/mol. The highest BCUT2D eigenvalue weighted by molar-refractivity contribution is 5.94. The van der Waals surface area contributed by atoms with E-state index in [0.29, 0.717) is 24.1 Å². The van der Waals surface area contributed by atoms with Gasteiger partial charge in [0.15, 0.2) is 0 Å². The number of ether oxygens (including phenoxy) is 1. The summed E-state index contributed by atoms with van der Waals surface area (Å²) in [5.41, 5.74) is 6.42. The predicted octanol–water partition coefficient (Wildman–Crippen LogP) is 1.93. The molecule has 0 saturated heterocycles. The van der Waals surface area contributed by atoms with Crippen molar-refractivity contribution >= 4 is 17.6 Å². The molecule has 1 rings (SSSR count). The van der Waals surface area contributed by atoms with Gasteiger partial charge in [0.1, 0.15) is 0 Å². The first-order valence-corrected chi connectivity index (χ1v) is 6.09. The molecule has 0 fully saturated rings. The van der Waals surface area contributed by atoms with Gasteiger partial charge in [-0.3, -0.25) is 4.79 Å². The number of amides is 1. The number of benzene rings is 1. The highest BCUT2D eigenvalue weighted by atomic mass is 16.5. The zero-order valence-corrected chi connectivity index (χ0v) is 11.5. The number of rotatable bonds is 5. The van der Waals surface area contributed by atoms with Crippen molar-refractivity contribution in [2.75, 3.05) is 12.4 Å². The molecule has 0 saturated carbocycles. The summed E-state index contributed by atoms with van der Waals surface area (Å²) >= 11 is 0. The molecule has 104 valence electrons. The van der Waals surface area contributed by atoms with Crippen molar-refractivity contribution < 1.29 is 14.3 Å². The van der Waals surface area contributed by atoms with Crippen LogP contribution in [-0.4, -0.2) is 24.5 Å². The van der Waals surface area contributed by atoms with E-state index in [9.17, 15) is 9.59 Å². The average molecular weight is 264 g/mol. The number of anilines is 1. The Balaban J connectivity index is 2.62. The minimum absolute atomic E-state index is 0.124. The van der Waals surface area contributed by atoms with Crippen molar-refractivity contribution in [2.24, 2.45) is 5.73 Å². The first-order chi connectivity index (χ1) is 8.81. The van der Waals surface area contributed by atoms with Gasteiger partial charge in [-0.15, -0.1) is 0 Å². The fourth-order valence-electron chi connectivity index (χ4n) is 1.50. The molecular formula is C14H20N2O3. The standard InChI is InChI=1S/C14H20N2O3/c1-14(2,15)8-7-12(17)16-11-6-4-5-10(9-11)13(18)19-3/h4-6,9H,7-8,15H2,1-3H3,(H,16,17). The fraction of sp³-hybridized carbons (Fsp3) is 0.429. The summed E-state index contributed by atoms with van der Waals surface area (Å²) in [5.74, 6) is -0.556. The molecule has 0 radical (unpaired) electrons. The predicted molar refractivity (Wildman–Crippen MR) is 73.9 cm³/mol. The third-order valence-electron chi connectivity index (χ3n) is 2.56. The van der Waals surface area contributed by atoms with Gasteiger partial charge < -0.3 is 15.8 Å². The molecule has 0 spiro atoms. The van der Waals surface area contributed by atoms with Crippen LogP contribution in [0.3, 0.4) is 0 Å². The van der Waals surface area contributed by atoms with Crippen molar-refractivity contribution in [1.82, 2.24) is 0 Å². The lowest BCUT2D eigenvalue weighted by atomic mass is 10.00. The molecule has 1 amide bonds. The Morgan fingerprint density at radius 3 is 2.63 bits per heavy atom. The molecule has 0 atom stereocenters. The Morgan fingerprint density at radius 1 is 1.37 bits per heavy atom. The van der Waals surface area contributed by atoms with Crippen LogP contribution < -0.4 is 11.1 Å². The number of methoxy groups -OCH3 is 1. The summed E-state index contributed by atoms with van der Waals surface area (Å²) in [6.07, 6.45) is 0.932. The quantitative estimate of drug-likeness (QED) is 0.796. The van der Waals surface area contributed by atoms with Gasteiger partial charge in [0.25, 0.3) is 0 Å². The van der Waals surface area contributed by atoms with E-state index in [1.165, 1.54) is 7.11 Å². The van der Waals surface area contributed by atoms with Crippen molar-refractivity contribution in [3.8, 4) is 0 Å². The van der Waals surface area contributed by atoms with E-state index < -0.39 is 5.97 Å². The minimum Gasteiger partial charge on any atom is -0.465 e. The molecule has 0 aliphatic rings. The van der Waals surface area contributed by atoms with Crippen LogP contribution in [0.2, 0.25) is 0 Å². The van der Waals surface area contributed by atoms with Gasteiger partial charge in [-0.05, 0) is 38.5 Å². The molecule has 19 heavy (non-hydrogen) atoms. The molecule has 1 aromatic rings. The molecular weight excluding hydrogens is 244 g/mol. The SMILES string of the molecule is COC(=O)c1cccc(NC(=O)CCC(C)(C)N)c1. The van der Waals surface area contributed by atoms with Crippen LogP contribution in [0, 0.1) is 0 Å². The second kappa shape index (κ2) is 6.33. The van der Waals surface area contributed by atoms with Gasteiger partial charge >= 0.3 is 5.97 Å². The summed E-state index contributed by atoms with van der Waals surface area (Å²) in [5, 5.41) is 2.73. The number of carbonyl (C=O) groups is 2. The Morgan fingerprint density at radius 2 is 2.05 bits per heavy atom. The molecule has 0 heterocycles. The highest BCUT2D eigenvalue weighted by Gasteiger charge is 2.13. The second-order valence-corrected chi connectivity index (χ2v) is 5.11. The summed E-state index contributed by atoms with van der Waals surface area (Å²) < 4.78 is 4.62. The second-order valence-electron chi connectivity index (χ2n) is 5.11. The molecule has 0 aromatic heterocycles. The van der Waals surface area contributed by atoms with E-state index in [0.717, 1.165) is 0 Å². The largest absolute Gasteiger partial charge is 0.465 e. The van der Waals surface area contributed by atoms with Crippen LogP contribution in [0.1, 0.15) is 37.0 Å². The van der Waals surface area contributed by atoms with Crippen LogP contribution in [0.15, 0.2) is 24.3 Å². The number of esters is 1. The Labute approximate surface area is 113 Å². The maximum Gasteiger partial charge on any atom is 0.337 e. The van der Waals surface area contributed by atoms with Gasteiger partial charge in [-0.1, -0.05) is 6.07 Å². The van der Waals surface area contributed by atoms with E-state index >= 15 is 0 Å². The number of nitrogens with two attached hydrogens (primary N) is 1. The highest BCUT2D eigenvalue weighted by Crippen LogP contribution is 2.13. The van der Waals surface area contributed by atoms with Gasteiger partial charge in [0, 0.05) is 17.6 Å². The van der Waals surface area contributed by atoms with E-state index in [2.05, 4.69) is 10.1 Å². The maximum absolute atomic E-state index is 11.7. The zero-order valence-electron chi connectivity index (χ0n) is 11.5. The fourth-order valence-corrected chi connectivity index (χ4v) is 1.50. The van der Waals surface area contributed by atoms with Crippen LogP contribution in [0.25, 0.3) is 0 Å². The lowest BCUT2D eigenvalue weighted by Crippen LogP contribution is -2.33. The van der Waals surface area contributed by atoms with Crippen LogP contribution in [0.5, 0.6) is 0 Å². The molecule has 1 aromatic carbocycles. The number of carbonyl (C=O) groups excluding carboxylic acids is 2. The first kappa shape index (κ1) is 15.2. The van der Waals surface area contributed by atoms with E-state index in [-0.39, 0.29) is 11.4 Å². The number of hydrogen-bond acceptors (Lipinski definition) is 4. The van der Waals surface area contributed by atoms with Gasteiger partial charge in [0.2, 0.25) is 5.91 Å².